The smallest absolute Gasteiger partial charge is 0.338 e. The first kappa shape index (κ1) is 23.3. The Labute approximate surface area is 196 Å². The largest absolute Gasteiger partial charge is 0.462 e. The zero-order valence-electron chi connectivity index (χ0n) is 18.5. The van der Waals surface area contributed by atoms with Crippen molar-refractivity contribution in [2.24, 2.45) is 12.0 Å². The molecule has 0 N–H and O–H groups in total. The molecule has 0 saturated carbocycles. The van der Waals surface area contributed by atoms with E-state index in [1.54, 1.807) is 36.7 Å². The minimum absolute atomic E-state index is 0.180. The number of rotatable bonds is 5. The number of amides is 1. The van der Waals surface area contributed by atoms with Crippen molar-refractivity contribution in [3.8, 4) is 0 Å². The Hall–Kier alpha value is -2.82. The van der Waals surface area contributed by atoms with Crippen LogP contribution in [0.3, 0.4) is 0 Å². The van der Waals surface area contributed by atoms with Crippen molar-refractivity contribution in [3.05, 3.63) is 58.4 Å². The van der Waals surface area contributed by atoms with E-state index in [4.69, 9.17) is 4.74 Å². The van der Waals surface area contributed by atoms with E-state index in [2.05, 4.69) is 4.99 Å². The molecule has 2 aromatic carbocycles. The molecule has 10 heteroatoms. The zero-order chi connectivity index (χ0) is 23.6. The van der Waals surface area contributed by atoms with Gasteiger partial charge in [-0.2, -0.15) is 9.30 Å². The van der Waals surface area contributed by atoms with Crippen LogP contribution in [-0.2, 0) is 21.8 Å². The number of hydrogen-bond donors (Lipinski definition) is 0. The average molecular weight is 488 g/mol. The van der Waals surface area contributed by atoms with Crippen molar-refractivity contribution in [1.82, 2.24) is 8.87 Å². The van der Waals surface area contributed by atoms with E-state index in [1.165, 1.54) is 39.9 Å². The van der Waals surface area contributed by atoms with E-state index >= 15 is 0 Å². The van der Waals surface area contributed by atoms with Gasteiger partial charge in [-0.25, -0.2) is 13.2 Å². The maximum Gasteiger partial charge on any atom is 0.338 e. The Kier molecular flexibility index (Phi) is 6.78. The van der Waals surface area contributed by atoms with Crippen LogP contribution in [0, 0.1) is 0 Å². The summed E-state index contributed by atoms with van der Waals surface area (Å²) in [7, 11) is -1.76. The first-order valence-corrected chi connectivity index (χ1v) is 13.0. The summed E-state index contributed by atoms with van der Waals surface area (Å²) in [5.41, 5.74) is 1.58. The molecule has 0 bridgehead atoms. The molecule has 1 aliphatic heterocycles. The first-order valence-electron chi connectivity index (χ1n) is 10.8. The number of sulfonamides is 1. The SMILES string of the molecule is CCOC(=O)c1ccc2c(c1)sc(=NC(=O)c1ccc(S(=O)(=O)N3CCCCC3)cc1)n2C. The molecule has 0 spiro atoms. The highest BCUT2D eigenvalue weighted by Crippen LogP contribution is 2.22. The van der Waals surface area contributed by atoms with Gasteiger partial charge in [-0.3, -0.25) is 4.79 Å². The number of esters is 1. The minimum atomic E-state index is -3.55. The summed E-state index contributed by atoms with van der Waals surface area (Å²) in [6.07, 6.45) is 2.77. The monoisotopic (exact) mass is 487 g/mol. The molecule has 4 rings (SSSR count). The predicted molar refractivity (Wildman–Crippen MR) is 126 cm³/mol. The molecule has 0 unspecified atom stereocenters. The lowest BCUT2D eigenvalue weighted by molar-refractivity contribution is 0.0526. The number of carbonyl (C=O) groups excluding carboxylic acids is 2. The fourth-order valence-electron chi connectivity index (χ4n) is 3.76. The fourth-order valence-corrected chi connectivity index (χ4v) is 6.33. The molecule has 1 aliphatic rings. The maximum atomic E-state index is 12.8. The van der Waals surface area contributed by atoms with Crippen LogP contribution in [0.1, 0.15) is 46.9 Å². The molecule has 0 radical (unpaired) electrons. The van der Waals surface area contributed by atoms with Gasteiger partial charge in [0.05, 0.1) is 27.3 Å². The number of thiazole rings is 1. The molecule has 1 fully saturated rings. The van der Waals surface area contributed by atoms with Crippen molar-refractivity contribution < 1.29 is 22.7 Å². The number of piperidine rings is 1. The standard InChI is InChI=1S/C23H25N3O5S2/c1-3-31-22(28)17-9-12-19-20(15-17)32-23(25(19)2)24-21(27)16-7-10-18(11-8-16)33(29,30)26-13-5-4-6-14-26/h7-12,15H,3-6,13-14H2,1-2H3. The third-order valence-electron chi connectivity index (χ3n) is 5.57. The van der Waals surface area contributed by atoms with E-state index in [0.717, 1.165) is 29.5 Å². The molecule has 2 heterocycles. The van der Waals surface area contributed by atoms with Gasteiger partial charge < -0.3 is 9.30 Å². The molecule has 0 aliphatic carbocycles. The van der Waals surface area contributed by atoms with Gasteiger partial charge >= 0.3 is 5.97 Å². The second-order valence-corrected chi connectivity index (χ2v) is 10.7. The van der Waals surface area contributed by atoms with Gasteiger partial charge in [-0.05, 0) is 62.2 Å². The van der Waals surface area contributed by atoms with Gasteiger partial charge in [-0.15, -0.1) is 0 Å². The summed E-state index contributed by atoms with van der Waals surface area (Å²) in [4.78, 5) is 29.6. The Morgan fingerprint density at radius 3 is 2.36 bits per heavy atom. The van der Waals surface area contributed by atoms with Crippen LogP contribution in [0.15, 0.2) is 52.4 Å². The number of hydrogen-bond acceptors (Lipinski definition) is 6. The van der Waals surface area contributed by atoms with Crippen LogP contribution in [0.2, 0.25) is 0 Å². The van der Waals surface area contributed by atoms with Crippen LogP contribution in [-0.4, -0.2) is 48.9 Å². The van der Waals surface area contributed by atoms with Gasteiger partial charge in [0.1, 0.15) is 0 Å². The molecule has 174 valence electrons. The van der Waals surface area contributed by atoms with Crippen LogP contribution in [0.5, 0.6) is 0 Å². The molecular weight excluding hydrogens is 462 g/mol. The molecule has 1 amide bonds. The van der Waals surface area contributed by atoms with Gasteiger partial charge in [0.2, 0.25) is 10.0 Å². The molecule has 3 aromatic rings. The Balaban J connectivity index is 1.60. The molecule has 1 saturated heterocycles. The third-order valence-corrected chi connectivity index (χ3v) is 8.58. The lowest BCUT2D eigenvalue weighted by Gasteiger charge is -2.25. The number of benzene rings is 2. The molecular formula is C23H25N3O5S2. The van der Waals surface area contributed by atoms with Crippen molar-refractivity contribution in [2.75, 3.05) is 19.7 Å². The Morgan fingerprint density at radius 2 is 1.70 bits per heavy atom. The van der Waals surface area contributed by atoms with E-state index < -0.39 is 21.9 Å². The molecule has 8 nitrogen and oxygen atoms in total. The normalized spacial score (nSPS) is 15.6. The number of carbonyl (C=O) groups is 2. The van der Waals surface area contributed by atoms with Gasteiger partial charge in [0, 0.05) is 25.7 Å². The van der Waals surface area contributed by atoms with Gasteiger partial charge in [-0.1, -0.05) is 17.8 Å². The quantitative estimate of drug-likeness (QED) is 0.514. The Bertz CT molecular complexity index is 1370. The predicted octanol–water partition coefficient (Wildman–Crippen LogP) is 3.33. The topological polar surface area (TPSA) is 98.0 Å². The number of nitrogens with zero attached hydrogens (tertiary/aromatic N) is 3. The molecule has 0 atom stereocenters. The van der Waals surface area contributed by atoms with Crippen LogP contribution in [0.4, 0.5) is 0 Å². The van der Waals surface area contributed by atoms with E-state index in [0.29, 0.717) is 35.6 Å². The lowest BCUT2D eigenvalue weighted by atomic mass is 10.2. The summed E-state index contributed by atoms with van der Waals surface area (Å²) >= 11 is 1.29. The number of fused-ring (bicyclic) bond motifs is 1. The van der Waals surface area contributed by atoms with Crippen molar-refractivity contribution in [3.63, 3.8) is 0 Å². The summed E-state index contributed by atoms with van der Waals surface area (Å²) in [5.74, 6) is -0.866. The minimum Gasteiger partial charge on any atom is -0.462 e. The second-order valence-electron chi connectivity index (χ2n) is 7.75. The number of ether oxygens (including phenoxy) is 1. The molecule has 33 heavy (non-hydrogen) atoms. The average Bonchev–Trinajstić information content (AvgIpc) is 3.14. The highest BCUT2D eigenvalue weighted by molar-refractivity contribution is 7.89. The fraction of sp³-hybridized carbons (Fsp3) is 0.348. The number of aryl methyl sites for hydroxylation is 1. The zero-order valence-corrected chi connectivity index (χ0v) is 20.1. The maximum absolute atomic E-state index is 12.8. The Morgan fingerprint density at radius 1 is 1.03 bits per heavy atom. The third kappa shape index (κ3) is 4.78. The van der Waals surface area contributed by atoms with Crippen LogP contribution >= 0.6 is 11.3 Å². The lowest BCUT2D eigenvalue weighted by Crippen LogP contribution is -2.35. The second kappa shape index (κ2) is 9.58. The van der Waals surface area contributed by atoms with E-state index in [9.17, 15) is 18.0 Å². The summed E-state index contributed by atoms with van der Waals surface area (Å²) in [6, 6.07) is 11.1. The van der Waals surface area contributed by atoms with Crippen LogP contribution in [0.25, 0.3) is 10.2 Å². The van der Waals surface area contributed by atoms with Gasteiger partial charge in [0.25, 0.3) is 5.91 Å². The van der Waals surface area contributed by atoms with E-state index in [-0.39, 0.29) is 4.90 Å². The van der Waals surface area contributed by atoms with Crippen molar-refractivity contribution >= 4 is 43.5 Å². The first-order chi connectivity index (χ1) is 15.8. The van der Waals surface area contributed by atoms with Crippen molar-refractivity contribution in [2.45, 2.75) is 31.1 Å². The summed E-state index contributed by atoms with van der Waals surface area (Å²) in [5, 5.41) is 0. The highest BCUT2D eigenvalue weighted by Gasteiger charge is 2.26. The van der Waals surface area contributed by atoms with Crippen LogP contribution < -0.4 is 4.80 Å². The summed E-state index contributed by atoms with van der Waals surface area (Å²) < 4.78 is 34.7. The summed E-state index contributed by atoms with van der Waals surface area (Å²) in [6.45, 7) is 3.10. The highest BCUT2D eigenvalue weighted by atomic mass is 32.2. The van der Waals surface area contributed by atoms with E-state index in [1.807, 2.05) is 0 Å². The van der Waals surface area contributed by atoms with Crippen molar-refractivity contribution in [1.29, 1.82) is 0 Å². The van der Waals surface area contributed by atoms with Gasteiger partial charge in [0.15, 0.2) is 4.80 Å². The molecule has 1 aromatic heterocycles. The number of aromatic nitrogens is 1.